The molecule has 0 aliphatic heterocycles. The Balaban J connectivity index is 1.93. The van der Waals surface area contributed by atoms with Gasteiger partial charge in [0.2, 0.25) is 5.89 Å². The van der Waals surface area contributed by atoms with Gasteiger partial charge in [-0.1, -0.05) is 12.1 Å². The Morgan fingerprint density at radius 1 is 1.26 bits per heavy atom. The van der Waals surface area contributed by atoms with Gasteiger partial charge in [0.25, 0.3) is 0 Å². The zero-order valence-electron chi connectivity index (χ0n) is 9.72. The molecule has 2 heterocycles. The number of para-hydroxylation sites is 2. The molecule has 3 aromatic rings. The van der Waals surface area contributed by atoms with Crippen molar-refractivity contribution in [1.29, 1.82) is 0 Å². The number of carbonyl (C=O) groups is 1. The molecule has 7 nitrogen and oxygen atoms in total. The van der Waals surface area contributed by atoms with Crippen LogP contribution < -0.4 is 5.43 Å². The second kappa shape index (κ2) is 4.73. The Bertz CT molecular complexity index is 697. The van der Waals surface area contributed by atoms with Gasteiger partial charge in [0.1, 0.15) is 18.2 Å². The fraction of sp³-hybridized carbons (Fsp3) is 0. The molecule has 94 valence electrons. The fourth-order valence-electron chi connectivity index (χ4n) is 1.55. The van der Waals surface area contributed by atoms with Gasteiger partial charge in [0.05, 0.1) is 5.57 Å². The third-order valence-electron chi connectivity index (χ3n) is 2.46. The summed E-state index contributed by atoms with van der Waals surface area (Å²) in [6.07, 6.45) is 5.07. The van der Waals surface area contributed by atoms with Crippen LogP contribution in [0, 0.1) is 0 Å². The SMILES string of the molecule is O=C/C(=C\Nn1cnnc1)c1nc2ccccc2o1. The first-order valence-corrected chi connectivity index (χ1v) is 5.49. The fourth-order valence-corrected chi connectivity index (χ4v) is 1.55. The van der Waals surface area contributed by atoms with Gasteiger partial charge in [0, 0.05) is 6.20 Å². The number of nitrogens with zero attached hydrogens (tertiary/aromatic N) is 4. The summed E-state index contributed by atoms with van der Waals surface area (Å²) < 4.78 is 6.99. The van der Waals surface area contributed by atoms with Gasteiger partial charge in [-0.05, 0) is 12.1 Å². The van der Waals surface area contributed by atoms with Gasteiger partial charge in [-0.15, -0.1) is 10.2 Å². The molecule has 0 amide bonds. The highest BCUT2D eigenvalue weighted by atomic mass is 16.3. The zero-order valence-corrected chi connectivity index (χ0v) is 9.72. The van der Waals surface area contributed by atoms with Crippen LogP contribution in [0.25, 0.3) is 16.7 Å². The molecule has 0 fully saturated rings. The lowest BCUT2D eigenvalue weighted by Gasteiger charge is -1.99. The molecule has 3 rings (SSSR count). The minimum atomic E-state index is 0.261. The molecular weight excluding hydrogens is 246 g/mol. The largest absolute Gasteiger partial charge is 0.436 e. The molecule has 0 aliphatic carbocycles. The number of hydrogen-bond donors (Lipinski definition) is 1. The van der Waals surface area contributed by atoms with Crippen LogP contribution in [0.3, 0.4) is 0 Å². The molecule has 0 saturated carbocycles. The Morgan fingerprint density at radius 2 is 2.05 bits per heavy atom. The molecule has 1 aromatic carbocycles. The summed E-state index contributed by atoms with van der Waals surface area (Å²) in [6, 6.07) is 7.31. The molecule has 0 bridgehead atoms. The molecule has 0 radical (unpaired) electrons. The molecular formula is C12H9N5O2. The van der Waals surface area contributed by atoms with Crippen molar-refractivity contribution in [3.63, 3.8) is 0 Å². The maximum absolute atomic E-state index is 11.1. The van der Waals surface area contributed by atoms with E-state index in [1.54, 1.807) is 6.07 Å². The molecule has 0 atom stereocenters. The summed E-state index contributed by atoms with van der Waals surface area (Å²) in [7, 11) is 0. The van der Waals surface area contributed by atoms with E-state index in [0.29, 0.717) is 23.0 Å². The number of hydrogen-bond acceptors (Lipinski definition) is 6. The van der Waals surface area contributed by atoms with E-state index >= 15 is 0 Å². The van der Waals surface area contributed by atoms with Crippen molar-refractivity contribution in [2.75, 3.05) is 5.43 Å². The number of carbonyl (C=O) groups excluding carboxylic acids is 1. The van der Waals surface area contributed by atoms with Crippen LogP contribution >= 0.6 is 0 Å². The van der Waals surface area contributed by atoms with Crippen molar-refractivity contribution >= 4 is 23.0 Å². The van der Waals surface area contributed by atoms with Crippen LogP contribution in [0.15, 0.2) is 47.5 Å². The summed E-state index contributed by atoms with van der Waals surface area (Å²) >= 11 is 0. The van der Waals surface area contributed by atoms with E-state index < -0.39 is 0 Å². The summed E-state index contributed by atoms with van der Waals surface area (Å²) in [5.41, 5.74) is 4.45. The van der Waals surface area contributed by atoms with Crippen molar-refractivity contribution in [3.8, 4) is 0 Å². The average molecular weight is 255 g/mol. The van der Waals surface area contributed by atoms with Crippen LogP contribution in [0.4, 0.5) is 0 Å². The predicted octanol–water partition coefficient (Wildman–Crippen LogP) is 1.20. The number of fused-ring (bicyclic) bond motifs is 1. The van der Waals surface area contributed by atoms with Crippen molar-refractivity contribution < 1.29 is 9.21 Å². The van der Waals surface area contributed by atoms with E-state index in [1.165, 1.54) is 23.5 Å². The van der Waals surface area contributed by atoms with Crippen molar-refractivity contribution in [3.05, 3.63) is 49.0 Å². The Hall–Kier alpha value is -2.96. The minimum Gasteiger partial charge on any atom is -0.436 e. The third-order valence-corrected chi connectivity index (χ3v) is 2.46. The van der Waals surface area contributed by atoms with Gasteiger partial charge < -0.3 is 4.42 Å². The Kier molecular flexibility index (Phi) is 2.77. The van der Waals surface area contributed by atoms with E-state index in [1.807, 2.05) is 18.2 Å². The number of rotatable bonds is 4. The molecule has 7 heteroatoms. The summed E-state index contributed by atoms with van der Waals surface area (Å²) in [6.45, 7) is 0. The molecule has 0 saturated heterocycles. The Morgan fingerprint density at radius 3 is 2.79 bits per heavy atom. The van der Waals surface area contributed by atoms with Gasteiger partial charge in [0.15, 0.2) is 11.9 Å². The lowest BCUT2D eigenvalue weighted by Crippen LogP contribution is -2.06. The highest BCUT2D eigenvalue weighted by Crippen LogP contribution is 2.19. The van der Waals surface area contributed by atoms with Crippen LogP contribution in [0.2, 0.25) is 0 Å². The summed E-state index contributed by atoms with van der Waals surface area (Å²) in [5, 5.41) is 7.25. The number of nitrogens with one attached hydrogen (secondary N) is 1. The van der Waals surface area contributed by atoms with Crippen LogP contribution in [0.5, 0.6) is 0 Å². The second-order valence-corrected chi connectivity index (χ2v) is 3.70. The summed E-state index contributed by atoms with van der Waals surface area (Å²) in [4.78, 5) is 15.3. The van der Waals surface area contributed by atoms with E-state index in [4.69, 9.17) is 4.42 Å². The van der Waals surface area contributed by atoms with Gasteiger partial charge in [-0.3, -0.25) is 10.2 Å². The third kappa shape index (κ3) is 2.21. The summed E-state index contributed by atoms with van der Waals surface area (Å²) in [5.74, 6) is 0.261. The number of aromatic nitrogens is 4. The minimum absolute atomic E-state index is 0.261. The first kappa shape index (κ1) is 11.1. The number of oxazole rings is 1. The highest BCUT2D eigenvalue weighted by Gasteiger charge is 2.09. The van der Waals surface area contributed by atoms with Crippen molar-refractivity contribution in [1.82, 2.24) is 19.9 Å². The van der Waals surface area contributed by atoms with Gasteiger partial charge >= 0.3 is 0 Å². The first-order valence-electron chi connectivity index (χ1n) is 5.49. The van der Waals surface area contributed by atoms with Crippen LogP contribution in [-0.2, 0) is 4.79 Å². The highest BCUT2D eigenvalue weighted by molar-refractivity contribution is 6.05. The lowest BCUT2D eigenvalue weighted by atomic mass is 10.3. The van der Waals surface area contributed by atoms with Crippen LogP contribution in [0.1, 0.15) is 5.89 Å². The normalized spacial score (nSPS) is 11.7. The molecule has 0 unspecified atom stereocenters. The molecule has 2 aromatic heterocycles. The average Bonchev–Trinajstić information content (AvgIpc) is 3.08. The number of allylic oxidation sites excluding steroid dienone is 1. The smallest absolute Gasteiger partial charge is 0.232 e. The van der Waals surface area contributed by atoms with E-state index in [0.717, 1.165) is 0 Å². The maximum atomic E-state index is 11.1. The molecule has 0 aliphatic rings. The van der Waals surface area contributed by atoms with Crippen molar-refractivity contribution in [2.24, 2.45) is 0 Å². The van der Waals surface area contributed by atoms with E-state index in [9.17, 15) is 4.79 Å². The molecule has 19 heavy (non-hydrogen) atoms. The zero-order chi connectivity index (χ0) is 13.1. The van der Waals surface area contributed by atoms with Crippen LogP contribution in [-0.4, -0.2) is 26.1 Å². The Labute approximate surface area is 107 Å². The van der Waals surface area contributed by atoms with Gasteiger partial charge in [-0.25, -0.2) is 9.66 Å². The first-order chi connectivity index (χ1) is 9.36. The molecule has 1 N–H and O–H groups in total. The number of benzene rings is 1. The van der Waals surface area contributed by atoms with E-state index in [-0.39, 0.29) is 5.89 Å². The van der Waals surface area contributed by atoms with Gasteiger partial charge in [-0.2, -0.15) is 0 Å². The topological polar surface area (TPSA) is 85.8 Å². The van der Waals surface area contributed by atoms with E-state index in [2.05, 4.69) is 20.6 Å². The van der Waals surface area contributed by atoms with Crippen molar-refractivity contribution in [2.45, 2.75) is 0 Å². The molecule has 0 spiro atoms. The predicted molar refractivity (Wildman–Crippen MR) is 67.4 cm³/mol. The standard InChI is InChI=1S/C12H9N5O2/c18-6-9(5-15-17-7-13-14-8-17)12-16-10-3-1-2-4-11(10)19-12/h1-8,15H/b9-5+. The number of aldehydes is 1. The quantitative estimate of drug-likeness (QED) is 0.557. The lowest BCUT2D eigenvalue weighted by molar-refractivity contribution is -0.103. The second-order valence-electron chi connectivity index (χ2n) is 3.70. The maximum Gasteiger partial charge on any atom is 0.232 e. The monoisotopic (exact) mass is 255 g/mol.